The molecule has 2 heterocycles. The van der Waals surface area contributed by atoms with Crippen LogP contribution in [0.25, 0.3) is 0 Å². The van der Waals surface area contributed by atoms with Gasteiger partial charge in [-0.05, 0) is 51.1 Å². The number of aryl methyl sites for hydroxylation is 1. The van der Waals surface area contributed by atoms with Crippen molar-refractivity contribution in [1.29, 1.82) is 0 Å². The second-order valence-corrected chi connectivity index (χ2v) is 7.12. The molecule has 2 N–H and O–H groups in total. The van der Waals surface area contributed by atoms with Gasteiger partial charge in [0.15, 0.2) is 0 Å². The average Bonchev–Trinajstić information content (AvgIpc) is 3.10. The number of nitrogens with one attached hydrogen (secondary N) is 2. The van der Waals surface area contributed by atoms with Crippen LogP contribution in [0.2, 0.25) is 5.02 Å². The van der Waals surface area contributed by atoms with E-state index in [-0.39, 0.29) is 17.7 Å². The second kappa shape index (κ2) is 9.01. The predicted molar refractivity (Wildman–Crippen MR) is 106 cm³/mol. The predicted octanol–water partition coefficient (Wildman–Crippen LogP) is 2.85. The Kier molecular flexibility index (Phi) is 6.47. The van der Waals surface area contributed by atoms with Crippen LogP contribution < -0.4 is 10.6 Å². The maximum Gasteiger partial charge on any atom is 0.238 e. The molecule has 1 aliphatic rings. The van der Waals surface area contributed by atoms with Crippen LogP contribution in [0.3, 0.4) is 0 Å². The molecular formula is C19H24ClN5O2. The molecule has 0 spiro atoms. The topological polar surface area (TPSA) is 79.3 Å². The molecule has 1 aromatic carbocycles. The summed E-state index contributed by atoms with van der Waals surface area (Å²) in [6.45, 7) is 4.51. The number of carbonyl (C=O) groups excluding carboxylic acids is 2. The third-order valence-corrected chi connectivity index (χ3v) is 4.89. The number of likely N-dealkylation sites (tertiary alicyclic amines) is 1. The smallest absolute Gasteiger partial charge is 0.238 e. The number of hydrogen-bond acceptors (Lipinski definition) is 4. The molecule has 1 saturated heterocycles. The molecule has 144 valence electrons. The van der Waals surface area contributed by atoms with Crippen molar-refractivity contribution in [2.75, 3.05) is 30.3 Å². The summed E-state index contributed by atoms with van der Waals surface area (Å²) in [5.41, 5.74) is 1.42. The van der Waals surface area contributed by atoms with E-state index in [0.29, 0.717) is 17.3 Å². The normalized spacial score (nSPS) is 15.5. The minimum atomic E-state index is -0.0767. The lowest BCUT2D eigenvalue weighted by molar-refractivity contribution is -0.121. The van der Waals surface area contributed by atoms with Gasteiger partial charge in [0, 0.05) is 29.4 Å². The molecule has 1 aliphatic heterocycles. The number of benzene rings is 1. The highest BCUT2D eigenvalue weighted by Crippen LogP contribution is 2.20. The van der Waals surface area contributed by atoms with Gasteiger partial charge >= 0.3 is 0 Å². The van der Waals surface area contributed by atoms with E-state index in [1.807, 2.05) is 13.1 Å². The maximum absolute atomic E-state index is 12.4. The van der Waals surface area contributed by atoms with E-state index in [2.05, 4.69) is 20.6 Å². The standard InChI is InChI=1S/C19H24ClN5O2/c1-2-25-12-17(11-21-25)23-19(27)14-6-8-24(9-7-14)13-18(26)22-16-5-3-4-15(20)10-16/h3-5,10-12,14H,2,6-9,13H2,1H3,(H,22,26)(H,23,27). The summed E-state index contributed by atoms with van der Waals surface area (Å²) >= 11 is 5.93. The highest BCUT2D eigenvalue weighted by molar-refractivity contribution is 6.30. The summed E-state index contributed by atoms with van der Waals surface area (Å²) in [7, 11) is 0. The molecule has 0 radical (unpaired) electrons. The molecule has 7 nitrogen and oxygen atoms in total. The molecule has 3 rings (SSSR count). The Morgan fingerprint density at radius 3 is 2.67 bits per heavy atom. The van der Waals surface area contributed by atoms with Gasteiger partial charge in [0.25, 0.3) is 0 Å². The number of anilines is 2. The largest absolute Gasteiger partial charge is 0.325 e. The van der Waals surface area contributed by atoms with Gasteiger partial charge in [-0.3, -0.25) is 19.2 Å². The fourth-order valence-corrected chi connectivity index (χ4v) is 3.36. The Balaban J connectivity index is 1.42. The Hall–Kier alpha value is -2.38. The maximum atomic E-state index is 12.4. The summed E-state index contributed by atoms with van der Waals surface area (Å²) < 4.78 is 1.77. The minimum Gasteiger partial charge on any atom is -0.325 e. The van der Waals surface area contributed by atoms with E-state index in [1.54, 1.807) is 35.1 Å². The minimum absolute atomic E-state index is 0.0219. The summed E-state index contributed by atoms with van der Waals surface area (Å²) in [5.74, 6) is -0.0944. The summed E-state index contributed by atoms with van der Waals surface area (Å²) in [5, 5.41) is 10.5. The van der Waals surface area contributed by atoms with Crippen molar-refractivity contribution in [1.82, 2.24) is 14.7 Å². The number of piperidine rings is 1. The van der Waals surface area contributed by atoms with E-state index < -0.39 is 0 Å². The van der Waals surface area contributed by atoms with Crippen LogP contribution in [0.4, 0.5) is 11.4 Å². The first kappa shape index (κ1) is 19.4. The van der Waals surface area contributed by atoms with Crippen molar-refractivity contribution < 1.29 is 9.59 Å². The van der Waals surface area contributed by atoms with Gasteiger partial charge in [-0.15, -0.1) is 0 Å². The average molecular weight is 390 g/mol. The van der Waals surface area contributed by atoms with Gasteiger partial charge in [0.05, 0.1) is 18.4 Å². The first-order valence-electron chi connectivity index (χ1n) is 9.14. The van der Waals surface area contributed by atoms with Crippen LogP contribution in [0.5, 0.6) is 0 Å². The molecule has 0 saturated carbocycles. The monoisotopic (exact) mass is 389 g/mol. The van der Waals surface area contributed by atoms with Crippen LogP contribution in [-0.4, -0.2) is 46.1 Å². The van der Waals surface area contributed by atoms with Crippen molar-refractivity contribution in [3.8, 4) is 0 Å². The van der Waals surface area contributed by atoms with Gasteiger partial charge < -0.3 is 10.6 Å². The number of halogens is 1. The number of carbonyl (C=O) groups is 2. The van der Waals surface area contributed by atoms with Crippen LogP contribution in [0.1, 0.15) is 19.8 Å². The molecule has 0 atom stereocenters. The van der Waals surface area contributed by atoms with Gasteiger partial charge in [-0.25, -0.2) is 0 Å². The zero-order chi connectivity index (χ0) is 19.2. The quantitative estimate of drug-likeness (QED) is 0.796. The second-order valence-electron chi connectivity index (χ2n) is 6.68. The van der Waals surface area contributed by atoms with Gasteiger partial charge in [0.1, 0.15) is 0 Å². The summed E-state index contributed by atoms with van der Waals surface area (Å²) in [4.78, 5) is 26.7. The zero-order valence-electron chi connectivity index (χ0n) is 15.3. The number of nitrogens with zero attached hydrogens (tertiary/aromatic N) is 3. The van der Waals surface area contributed by atoms with Crippen molar-refractivity contribution in [2.45, 2.75) is 26.3 Å². The number of aromatic nitrogens is 2. The van der Waals surface area contributed by atoms with Crippen LogP contribution >= 0.6 is 11.6 Å². The van der Waals surface area contributed by atoms with E-state index in [9.17, 15) is 9.59 Å². The van der Waals surface area contributed by atoms with Gasteiger partial charge in [-0.2, -0.15) is 5.10 Å². The molecule has 0 unspecified atom stereocenters. The van der Waals surface area contributed by atoms with Gasteiger partial charge in [0.2, 0.25) is 11.8 Å². The Morgan fingerprint density at radius 2 is 2.00 bits per heavy atom. The van der Waals surface area contributed by atoms with Crippen molar-refractivity contribution >= 4 is 34.8 Å². The fraction of sp³-hybridized carbons (Fsp3) is 0.421. The lowest BCUT2D eigenvalue weighted by atomic mass is 9.96. The Bertz CT molecular complexity index is 799. The molecule has 0 aliphatic carbocycles. The molecule has 1 aromatic heterocycles. The third-order valence-electron chi connectivity index (χ3n) is 4.66. The highest BCUT2D eigenvalue weighted by Gasteiger charge is 2.26. The molecule has 2 amide bonds. The van der Waals surface area contributed by atoms with E-state index >= 15 is 0 Å². The first-order valence-corrected chi connectivity index (χ1v) is 9.52. The highest BCUT2D eigenvalue weighted by atomic mass is 35.5. The number of hydrogen-bond donors (Lipinski definition) is 2. The number of amides is 2. The van der Waals surface area contributed by atoms with Crippen molar-refractivity contribution in [3.05, 3.63) is 41.7 Å². The lowest BCUT2D eigenvalue weighted by Crippen LogP contribution is -2.41. The fourth-order valence-electron chi connectivity index (χ4n) is 3.17. The molecule has 0 bridgehead atoms. The van der Waals surface area contributed by atoms with Crippen LogP contribution in [0.15, 0.2) is 36.7 Å². The summed E-state index contributed by atoms with van der Waals surface area (Å²) in [6, 6.07) is 7.09. The first-order chi connectivity index (χ1) is 13.0. The molecule has 2 aromatic rings. The van der Waals surface area contributed by atoms with Crippen molar-refractivity contribution in [3.63, 3.8) is 0 Å². The van der Waals surface area contributed by atoms with E-state index in [0.717, 1.165) is 38.2 Å². The van der Waals surface area contributed by atoms with E-state index in [4.69, 9.17) is 11.6 Å². The van der Waals surface area contributed by atoms with Crippen molar-refractivity contribution in [2.24, 2.45) is 5.92 Å². The Labute approximate surface area is 163 Å². The molecule has 27 heavy (non-hydrogen) atoms. The molecule has 1 fully saturated rings. The number of rotatable bonds is 6. The van der Waals surface area contributed by atoms with E-state index in [1.165, 1.54) is 0 Å². The zero-order valence-corrected chi connectivity index (χ0v) is 16.1. The van der Waals surface area contributed by atoms with Gasteiger partial charge in [-0.1, -0.05) is 17.7 Å². The Morgan fingerprint density at radius 1 is 1.22 bits per heavy atom. The van der Waals surface area contributed by atoms with Crippen LogP contribution in [0, 0.1) is 5.92 Å². The molecule has 8 heteroatoms. The van der Waals surface area contributed by atoms with Crippen LogP contribution in [-0.2, 0) is 16.1 Å². The SMILES string of the molecule is CCn1cc(NC(=O)C2CCN(CC(=O)Nc3cccc(Cl)c3)CC2)cn1. The lowest BCUT2D eigenvalue weighted by Gasteiger charge is -2.30. The summed E-state index contributed by atoms with van der Waals surface area (Å²) in [6.07, 6.45) is 4.96. The third kappa shape index (κ3) is 5.55. The molecular weight excluding hydrogens is 366 g/mol.